The molecule has 262 valence electrons. The monoisotopic (exact) mass is 752 g/mol. The number of alkyl halides is 3. The molecule has 0 fully saturated rings. The van der Waals surface area contributed by atoms with E-state index in [9.17, 15) is 39.1 Å². The van der Waals surface area contributed by atoms with E-state index in [2.05, 4.69) is 4.57 Å². The molecule has 0 radical (unpaired) electrons. The Morgan fingerprint density at radius 3 is 2.14 bits per heavy atom. The maximum Gasteiger partial charge on any atom is 1.00 e. The Balaban J connectivity index is 0.00000650. The van der Waals surface area contributed by atoms with Crippen molar-refractivity contribution in [2.24, 2.45) is 0 Å². The van der Waals surface area contributed by atoms with Gasteiger partial charge in [0.25, 0.3) is 5.82 Å². The predicted octanol–water partition coefficient (Wildman–Crippen LogP) is 2.95. The first kappa shape index (κ1) is 41.1. The molecule has 1 aliphatic rings. The maximum absolute atomic E-state index is 13.8. The third kappa shape index (κ3) is 10.1. The van der Waals surface area contributed by atoms with Crippen LogP contribution >= 0.6 is 11.6 Å². The summed E-state index contributed by atoms with van der Waals surface area (Å²) in [5, 5.41) is -0.472. The van der Waals surface area contributed by atoms with Crippen molar-refractivity contribution in [3.8, 4) is 0 Å². The number of nitrogens with zero attached hydrogens (tertiary/aromatic N) is 4. The van der Waals surface area contributed by atoms with Gasteiger partial charge < -0.3 is 18.9 Å². The van der Waals surface area contributed by atoms with Crippen molar-refractivity contribution in [3.63, 3.8) is 0 Å². The van der Waals surface area contributed by atoms with Gasteiger partial charge in [-0.15, -0.1) is 0 Å². The van der Waals surface area contributed by atoms with Crippen molar-refractivity contribution in [2.75, 3.05) is 34.4 Å². The number of imidazole rings is 1. The molecule has 0 atom stereocenters. The largest absolute Gasteiger partial charge is 1.00 e. The minimum atomic E-state index is -4.72. The first-order chi connectivity index (χ1) is 22.3. The van der Waals surface area contributed by atoms with Gasteiger partial charge in [0, 0.05) is 30.7 Å². The zero-order valence-electron chi connectivity index (χ0n) is 27.9. The van der Waals surface area contributed by atoms with Crippen molar-refractivity contribution in [1.82, 2.24) is 4.57 Å². The second-order valence-corrected chi connectivity index (χ2v) is 14.9. The second-order valence-electron chi connectivity index (χ2n) is 11.5. The zero-order chi connectivity index (χ0) is 35.6. The number of aryl methyl sites for hydroxylation is 3. The van der Waals surface area contributed by atoms with Gasteiger partial charge in [-0.2, -0.15) is 13.2 Å². The fraction of sp³-hybridized carbons (Fsp3) is 0.406. The Hall–Kier alpha value is -2.37. The topological polar surface area (TPSA) is 130 Å². The number of anilines is 2. The Morgan fingerprint density at radius 1 is 0.959 bits per heavy atom. The Kier molecular flexibility index (Phi) is 13.7. The SMILES string of the molecule is CCN1\C(=C/C=C(C)\C=C\c2n(CCCS(=O)(=O)[O-])c3cc(C)ccc3[n+]2CC)N(CCCS(=O)(=O)[O-])c2cc(C(F)(F)F)c(Cl)cc21.[Na+]. The fourth-order valence-corrected chi connectivity index (χ4v) is 7.06. The van der Waals surface area contributed by atoms with Crippen LogP contribution < -0.4 is 43.9 Å². The van der Waals surface area contributed by atoms with E-state index in [1.54, 1.807) is 22.0 Å². The van der Waals surface area contributed by atoms with E-state index in [0.29, 0.717) is 31.1 Å². The molecule has 1 aliphatic heterocycles. The number of hydrogen-bond acceptors (Lipinski definition) is 8. The maximum atomic E-state index is 13.8. The fourth-order valence-electron chi connectivity index (χ4n) is 5.82. The summed E-state index contributed by atoms with van der Waals surface area (Å²) < 4.78 is 113. The molecule has 3 aromatic rings. The number of halogens is 4. The summed E-state index contributed by atoms with van der Waals surface area (Å²) >= 11 is 6.06. The molecule has 0 bridgehead atoms. The van der Waals surface area contributed by atoms with Crippen molar-refractivity contribution in [2.45, 2.75) is 59.8 Å². The summed E-state index contributed by atoms with van der Waals surface area (Å²) in [5.74, 6) is 0.0797. The van der Waals surface area contributed by atoms with Crippen LogP contribution in [0, 0.1) is 6.92 Å². The molecule has 0 saturated carbocycles. The van der Waals surface area contributed by atoms with Crippen molar-refractivity contribution in [3.05, 3.63) is 81.9 Å². The van der Waals surface area contributed by atoms with Crippen LogP contribution in [-0.4, -0.2) is 55.1 Å². The third-order valence-electron chi connectivity index (χ3n) is 7.95. The predicted molar refractivity (Wildman–Crippen MR) is 179 cm³/mol. The molecule has 0 unspecified atom stereocenters. The van der Waals surface area contributed by atoms with Gasteiger partial charge in [-0.3, -0.25) is 0 Å². The molecule has 0 N–H and O–H groups in total. The molecule has 2 aromatic carbocycles. The smallest absolute Gasteiger partial charge is 0.748 e. The van der Waals surface area contributed by atoms with Crippen LogP contribution in [0.25, 0.3) is 17.1 Å². The first-order valence-electron chi connectivity index (χ1n) is 15.3. The second kappa shape index (κ2) is 16.3. The molecule has 4 rings (SSSR count). The van der Waals surface area contributed by atoms with E-state index in [0.717, 1.165) is 34.1 Å². The average Bonchev–Trinajstić information content (AvgIpc) is 3.42. The minimum absolute atomic E-state index is 0. The summed E-state index contributed by atoms with van der Waals surface area (Å²) in [4.78, 5) is 3.31. The van der Waals surface area contributed by atoms with Gasteiger partial charge in [-0.25, -0.2) is 26.0 Å². The summed E-state index contributed by atoms with van der Waals surface area (Å²) in [6.07, 6.45) is 2.50. The van der Waals surface area contributed by atoms with Gasteiger partial charge in [0.2, 0.25) is 0 Å². The Labute approximate surface area is 312 Å². The number of allylic oxidation sites excluding steroid dienone is 4. The molecule has 0 spiro atoms. The van der Waals surface area contributed by atoms with Crippen LogP contribution in [-0.2, 0) is 39.5 Å². The number of benzene rings is 2. The molecule has 0 amide bonds. The molecule has 0 aliphatic carbocycles. The molecular weight excluding hydrogens is 716 g/mol. The average molecular weight is 753 g/mol. The van der Waals surface area contributed by atoms with Gasteiger partial charge in [0.15, 0.2) is 11.0 Å². The molecular formula is C32H37ClF3N4NaO6S2. The molecule has 10 nitrogen and oxygen atoms in total. The molecule has 49 heavy (non-hydrogen) atoms. The van der Waals surface area contributed by atoms with Crippen molar-refractivity contribution < 1.29 is 73.2 Å². The number of fused-ring (bicyclic) bond motifs is 2. The summed E-state index contributed by atoms with van der Waals surface area (Å²) in [6.45, 7) is 8.80. The van der Waals surface area contributed by atoms with Crippen molar-refractivity contribution >= 4 is 60.3 Å². The van der Waals surface area contributed by atoms with Gasteiger partial charge in [-0.1, -0.05) is 35.4 Å². The van der Waals surface area contributed by atoms with E-state index in [-0.39, 0.29) is 54.6 Å². The van der Waals surface area contributed by atoms with Gasteiger partial charge >= 0.3 is 35.7 Å². The van der Waals surface area contributed by atoms with Crippen LogP contribution in [0.4, 0.5) is 24.5 Å². The van der Waals surface area contributed by atoms with Crippen LogP contribution in [0.1, 0.15) is 50.6 Å². The molecule has 2 heterocycles. The first-order valence-corrected chi connectivity index (χ1v) is 18.8. The summed E-state index contributed by atoms with van der Waals surface area (Å²) in [5.41, 5.74) is 3.16. The van der Waals surface area contributed by atoms with Crippen LogP contribution in [0.15, 0.2) is 60.0 Å². The van der Waals surface area contributed by atoms with Crippen molar-refractivity contribution in [1.29, 1.82) is 0 Å². The molecule has 0 saturated heterocycles. The standard InChI is InChI=1S/C32H38ClF3N4O6S2.Na/c1-5-37-26-12-9-23(4)19-27(26)39(15-7-17-47(41,42)43)30(37)13-10-22(3)11-14-31-38(6-2)29-21-25(33)24(32(34,35)36)20-28(29)40(31)16-8-18-48(44,45)46;/h9-14,19-21H,5-8,15-18H2,1-4H3,(H-,41,42,43,44,45,46);/q;+1/p-1. The third-order valence-corrected chi connectivity index (χ3v) is 9.84. The van der Waals surface area contributed by atoms with E-state index < -0.39 is 48.5 Å². The molecule has 1 aromatic heterocycles. The van der Waals surface area contributed by atoms with E-state index >= 15 is 0 Å². The van der Waals surface area contributed by atoms with Gasteiger partial charge in [-0.05, 0) is 76.4 Å². The minimum Gasteiger partial charge on any atom is -0.748 e. The van der Waals surface area contributed by atoms with E-state index in [1.165, 1.54) is 6.07 Å². The number of hydrogen-bond donors (Lipinski definition) is 0. The Bertz CT molecular complexity index is 2010. The number of aromatic nitrogens is 2. The summed E-state index contributed by atoms with van der Waals surface area (Å²) in [7, 11) is -8.93. The van der Waals surface area contributed by atoms with Crippen LogP contribution in [0.3, 0.4) is 0 Å². The normalized spacial score (nSPS) is 15.1. The van der Waals surface area contributed by atoms with Crippen LogP contribution in [0.5, 0.6) is 0 Å². The van der Waals surface area contributed by atoms with E-state index in [1.807, 2.05) is 62.6 Å². The van der Waals surface area contributed by atoms with Gasteiger partial charge in [0.1, 0.15) is 5.82 Å². The zero-order valence-corrected chi connectivity index (χ0v) is 32.3. The van der Waals surface area contributed by atoms with Crippen LogP contribution in [0.2, 0.25) is 5.02 Å². The Morgan fingerprint density at radius 2 is 1.57 bits per heavy atom. The number of rotatable bonds is 13. The quantitative estimate of drug-likeness (QED) is 0.113. The molecule has 17 heteroatoms. The van der Waals surface area contributed by atoms with E-state index in [4.69, 9.17) is 11.6 Å². The van der Waals surface area contributed by atoms with Gasteiger partial charge in [0.05, 0.1) is 55.3 Å². The summed E-state index contributed by atoms with van der Waals surface area (Å²) in [6, 6.07) is 8.14.